The van der Waals surface area contributed by atoms with Gasteiger partial charge in [0.25, 0.3) is 0 Å². The third-order valence-corrected chi connectivity index (χ3v) is 5.32. The molecule has 0 saturated carbocycles. The van der Waals surface area contributed by atoms with Crippen molar-refractivity contribution in [1.29, 1.82) is 0 Å². The first-order chi connectivity index (χ1) is 14.0. The average molecular weight is 445 g/mol. The monoisotopic (exact) mass is 443 g/mol. The zero-order chi connectivity index (χ0) is 20.4. The van der Waals surface area contributed by atoms with E-state index in [0.29, 0.717) is 21.7 Å². The molecule has 0 amide bonds. The number of hydrogen-bond acceptors (Lipinski definition) is 4. The number of aromatic nitrogens is 3. The number of halogens is 3. The van der Waals surface area contributed by atoms with Gasteiger partial charge in [-0.1, -0.05) is 46.9 Å². The van der Waals surface area contributed by atoms with Crippen LogP contribution in [0, 0.1) is 6.92 Å². The Kier molecular flexibility index (Phi) is 5.72. The molecule has 1 N–H and O–H groups in total. The Morgan fingerprint density at radius 1 is 1.03 bits per heavy atom. The summed E-state index contributed by atoms with van der Waals surface area (Å²) < 4.78 is 1.74. The van der Waals surface area contributed by atoms with Gasteiger partial charge in [0.05, 0.1) is 35.2 Å². The maximum atomic E-state index is 6.54. The molecule has 4 rings (SSSR count). The topological polar surface area (TPSA) is 55.1 Å². The van der Waals surface area contributed by atoms with Crippen LogP contribution in [0.1, 0.15) is 16.8 Å². The minimum Gasteiger partial charge on any atom is -0.278 e. The molecular weight excluding hydrogens is 429 g/mol. The third-order valence-electron chi connectivity index (χ3n) is 4.44. The molecule has 4 aromatic rings. The van der Waals surface area contributed by atoms with Crippen LogP contribution in [0.5, 0.6) is 0 Å². The largest absolute Gasteiger partial charge is 0.278 e. The zero-order valence-electron chi connectivity index (χ0n) is 15.4. The summed E-state index contributed by atoms with van der Waals surface area (Å²) >= 11 is 18.5. The van der Waals surface area contributed by atoms with Gasteiger partial charge in [-0.25, -0.2) is 4.68 Å². The van der Waals surface area contributed by atoms with Gasteiger partial charge < -0.3 is 0 Å². The lowest BCUT2D eigenvalue weighted by Crippen LogP contribution is -2.02. The van der Waals surface area contributed by atoms with Crippen LogP contribution in [-0.2, 0) is 6.54 Å². The van der Waals surface area contributed by atoms with E-state index in [9.17, 15) is 0 Å². The summed E-state index contributed by atoms with van der Waals surface area (Å²) in [6.07, 6.45) is 3.38. The second-order valence-electron chi connectivity index (χ2n) is 6.46. The van der Waals surface area contributed by atoms with E-state index >= 15 is 0 Å². The smallest absolute Gasteiger partial charge is 0.136 e. The minimum atomic E-state index is 0.523. The highest BCUT2D eigenvalue weighted by Gasteiger charge is 2.12. The number of hydrogen-bond donors (Lipinski definition) is 1. The molecule has 0 bridgehead atoms. The molecule has 2 aromatic carbocycles. The van der Waals surface area contributed by atoms with E-state index in [0.717, 1.165) is 33.4 Å². The van der Waals surface area contributed by atoms with E-state index in [1.807, 2.05) is 55.5 Å². The van der Waals surface area contributed by atoms with Gasteiger partial charge >= 0.3 is 0 Å². The number of nitrogens with zero attached hydrogens (tertiary/aromatic N) is 4. The molecule has 2 heterocycles. The van der Waals surface area contributed by atoms with Crippen LogP contribution in [0.15, 0.2) is 59.8 Å². The van der Waals surface area contributed by atoms with Crippen LogP contribution < -0.4 is 5.43 Å². The van der Waals surface area contributed by atoms with Crippen molar-refractivity contribution in [3.05, 3.63) is 86.7 Å². The average Bonchev–Trinajstić information content (AvgIpc) is 2.97. The number of anilines is 1. The quantitative estimate of drug-likeness (QED) is 0.295. The SMILES string of the molecule is Cc1nn(Cc2ccc(Cl)cc2)c(Cl)c1C=NNc1ccnc2cc(Cl)ccc12. The van der Waals surface area contributed by atoms with Crippen molar-refractivity contribution < 1.29 is 0 Å². The molecule has 29 heavy (non-hydrogen) atoms. The third kappa shape index (κ3) is 4.37. The summed E-state index contributed by atoms with van der Waals surface area (Å²) in [6, 6.07) is 15.0. The van der Waals surface area contributed by atoms with E-state index < -0.39 is 0 Å². The van der Waals surface area contributed by atoms with Crippen molar-refractivity contribution in [3.63, 3.8) is 0 Å². The Morgan fingerprint density at radius 3 is 2.59 bits per heavy atom. The van der Waals surface area contributed by atoms with Gasteiger partial charge in [0.15, 0.2) is 0 Å². The Morgan fingerprint density at radius 2 is 1.79 bits per heavy atom. The Labute approximate surface area is 182 Å². The molecule has 0 fully saturated rings. The lowest BCUT2D eigenvalue weighted by Gasteiger charge is -2.05. The predicted octanol–water partition coefficient (Wildman–Crippen LogP) is 6.19. The molecule has 0 aliphatic carbocycles. The molecule has 0 unspecified atom stereocenters. The highest BCUT2D eigenvalue weighted by molar-refractivity contribution is 6.32. The summed E-state index contributed by atoms with van der Waals surface area (Å²) in [4.78, 5) is 4.33. The van der Waals surface area contributed by atoms with Gasteiger partial charge in [-0.15, -0.1) is 0 Å². The van der Waals surface area contributed by atoms with Crippen LogP contribution in [0.25, 0.3) is 10.9 Å². The number of fused-ring (bicyclic) bond motifs is 1. The molecular formula is C21H16Cl3N5. The zero-order valence-corrected chi connectivity index (χ0v) is 17.7. The van der Waals surface area contributed by atoms with E-state index in [1.54, 1.807) is 17.1 Å². The predicted molar refractivity (Wildman–Crippen MR) is 120 cm³/mol. The standard InChI is InChI=1S/C21H16Cl3N5/c1-13-18(21(24)29(28-13)12-14-2-4-15(22)5-3-14)11-26-27-19-8-9-25-20-10-16(23)6-7-17(19)20/h2-11H,12H2,1H3,(H,25,27). The summed E-state index contributed by atoms with van der Waals surface area (Å²) in [7, 11) is 0. The van der Waals surface area contributed by atoms with Crippen LogP contribution in [0.4, 0.5) is 5.69 Å². The first-order valence-electron chi connectivity index (χ1n) is 8.82. The van der Waals surface area contributed by atoms with Crippen molar-refractivity contribution in [2.75, 3.05) is 5.43 Å². The van der Waals surface area contributed by atoms with Gasteiger partial charge in [0.2, 0.25) is 0 Å². The van der Waals surface area contributed by atoms with Crippen molar-refractivity contribution in [2.45, 2.75) is 13.5 Å². The van der Waals surface area contributed by atoms with Crippen molar-refractivity contribution in [3.8, 4) is 0 Å². The van der Waals surface area contributed by atoms with E-state index in [1.165, 1.54) is 0 Å². The first kappa shape index (κ1) is 19.7. The van der Waals surface area contributed by atoms with Crippen molar-refractivity contribution >= 4 is 57.6 Å². The van der Waals surface area contributed by atoms with E-state index in [2.05, 4.69) is 20.6 Å². The summed E-state index contributed by atoms with van der Waals surface area (Å²) in [5, 5.41) is 11.7. The molecule has 5 nitrogen and oxygen atoms in total. The molecule has 2 aromatic heterocycles. The maximum absolute atomic E-state index is 6.54. The minimum absolute atomic E-state index is 0.523. The number of hydrazone groups is 1. The summed E-state index contributed by atoms with van der Waals surface area (Å²) in [5.74, 6) is 0. The number of pyridine rings is 1. The van der Waals surface area contributed by atoms with Crippen molar-refractivity contribution in [2.24, 2.45) is 5.10 Å². The Balaban J connectivity index is 1.55. The van der Waals surface area contributed by atoms with Crippen molar-refractivity contribution in [1.82, 2.24) is 14.8 Å². The molecule has 0 spiro atoms. The second kappa shape index (κ2) is 8.41. The fourth-order valence-electron chi connectivity index (χ4n) is 2.97. The second-order valence-corrected chi connectivity index (χ2v) is 7.69. The highest BCUT2D eigenvalue weighted by Crippen LogP contribution is 2.25. The molecule has 0 saturated heterocycles. The molecule has 0 atom stereocenters. The molecule has 0 radical (unpaired) electrons. The number of nitrogens with one attached hydrogen (secondary N) is 1. The normalized spacial score (nSPS) is 11.4. The van der Waals surface area contributed by atoms with Gasteiger partial charge in [0, 0.05) is 21.6 Å². The van der Waals surface area contributed by atoms with Gasteiger partial charge in [-0.2, -0.15) is 10.2 Å². The molecule has 8 heteroatoms. The lowest BCUT2D eigenvalue weighted by molar-refractivity contribution is 0.680. The van der Waals surface area contributed by atoms with E-state index in [4.69, 9.17) is 34.8 Å². The molecule has 0 aliphatic heterocycles. The Bertz CT molecular complexity index is 1200. The highest BCUT2D eigenvalue weighted by atomic mass is 35.5. The van der Waals surface area contributed by atoms with Crippen LogP contribution in [-0.4, -0.2) is 21.0 Å². The first-order valence-corrected chi connectivity index (χ1v) is 9.95. The maximum Gasteiger partial charge on any atom is 0.136 e. The Hall–Kier alpha value is -2.60. The fraction of sp³-hybridized carbons (Fsp3) is 0.0952. The number of aryl methyl sites for hydroxylation is 1. The number of benzene rings is 2. The van der Waals surface area contributed by atoms with Gasteiger partial charge in [0.1, 0.15) is 5.15 Å². The van der Waals surface area contributed by atoms with Gasteiger partial charge in [-0.05, 0) is 48.9 Å². The molecule has 0 aliphatic rings. The fourth-order valence-corrected chi connectivity index (χ4v) is 3.54. The number of rotatable bonds is 5. The molecule has 146 valence electrons. The summed E-state index contributed by atoms with van der Waals surface area (Å²) in [6.45, 7) is 2.45. The van der Waals surface area contributed by atoms with Crippen LogP contribution >= 0.6 is 34.8 Å². The van der Waals surface area contributed by atoms with E-state index in [-0.39, 0.29) is 0 Å². The van der Waals surface area contributed by atoms with Crippen LogP contribution in [0.2, 0.25) is 15.2 Å². The van der Waals surface area contributed by atoms with Crippen LogP contribution in [0.3, 0.4) is 0 Å². The van der Waals surface area contributed by atoms with Gasteiger partial charge in [-0.3, -0.25) is 10.4 Å². The summed E-state index contributed by atoms with van der Waals surface area (Å²) in [5.41, 5.74) is 7.28. The lowest BCUT2D eigenvalue weighted by atomic mass is 10.2.